The summed E-state index contributed by atoms with van der Waals surface area (Å²) in [6.45, 7) is 1.91. The highest BCUT2D eigenvalue weighted by molar-refractivity contribution is 6.30. The van der Waals surface area contributed by atoms with E-state index in [0.717, 1.165) is 18.4 Å². The molecule has 102 valence electrons. The van der Waals surface area contributed by atoms with Crippen LogP contribution < -0.4 is 4.74 Å². The fraction of sp³-hybridized carbons (Fsp3) is 0.615. The van der Waals surface area contributed by atoms with Crippen molar-refractivity contribution in [2.24, 2.45) is 0 Å². The molecule has 0 aliphatic heterocycles. The summed E-state index contributed by atoms with van der Waals surface area (Å²) in [6.07, 6.45) is 8.95. The third-order valence-corrected chi connectivity index (χ3v) is 4.00. The molecular weight excluding hydrogens is 264 g/mol. The SMILES string of the molecule is Cc1c(Cl)nc2ncnn2c1OC1CCCCCC1. The lowest BCUT2D eigenvalue weighted by molar-refractivity contribution is 0.170. The van der Waals surface area contributed by atoms with Gasteiger partial charge in [0.25, 0.3) is 5.78 Å². The smallest absolute Gasteiger partial charge is 0.256 e. The highest BCUT2D eigenvalue weighted by atomic mass is 35.5. The standard InChI is InChI=1S/C13H17ClN4O/c1-9-11(14)17-13-15-8-16-18(13)12(9)19-10-6-4-2-3-5-7-10/h8,10H,2-7H2,1H3. The lowest BCUT2D eigenvalue weighted by Gasteiger charge is -2.18. The lowest BCUT2D eigenvalue weighted by atomic mass is 10.1. The Morgan fingerprint density at radius 2 is 2.00 bits per heavy atom. The topological polar surface area (TPSA) is 52.3 Å². The fourth-order valence-electron chi connectivity index (χ4n) is 2.53. The molecule has 2 heterocycles. The second-order valence-electron chi connectivity index (χ2n) is 5.04. The van der Waals surface area contributed by atoms with E-state index in [4.69, 9.17) is 16.3 Å². The zero-order valence-corrected chi connectivity index (χ0v) is 11.7. The Labute approximate surface area is 117 Å². The molecule has 0 amide bonds. The molecule has 19 heavy (non-hydrogen) atoms. The average molecular weight is 281 g/mol. The van der Waals surface area contributed by atoms with Crippen LogP contribution in [0.15, 0.2) is 6.33 Å². The van der Waals surface area contributed by atoms with Crippen molar-refractivity contribution in [3.63, 3.8) is 0 Å². The number of hydrogen-bond donors (Lipinski definition) is 0. The first kappa shape index (κ1) is 12.7. The molecule has 1 aliphatic rings. The molecule has 1 fully saturated rings. The van der Waals surface area contributed by atoms with Crippen LogP contribution in [0.25, 0.3) is 5.78 Å². The Morgan fingerprint density at radius 1 is 1.26 bits per heavy atom. The summed E-state index contributed by atoms with van der Waals surface area (Å²) < 4.78 is 7.79. The predicted octanol–water partition coefficient (Wildman–Crippen LogP) is 3.19. The maximum Gasteiger partial charge on any atom is 0.256 e. The van der Waals surface area contributed by atoms with Crippen LogP contribution in [0.1, 0.15) is 44.1 Å². The third kappa shape index (κ3) is 2.52. The van der Waals surface area contributed by atoms with E-state index in [1.54, 1.807) is 4.52 Å². The number of halogens is 1. The molecular formula is C13H17ClN4O. The van der Waals surface area contributed by atoms with E-state index in [0.29, 0.717) is 16.8 Å². The van der Waals surface area contributed by atoms with E-state index in [1.807, 2.05) is 6.92 Å². The molecule has 0 bridgehead atoms. The number of hydrogen-bond acceptors (Lipinski definition) is 4. The molecule has 1 aliphatic carbocycles. The van der Waals surface area contributed by atoms with Gasteiger partial charge < -0.3 is 4.74 Å². The number of fused-ring (bicyclic) bond motifs is 1. The second-order valence-corrected chi connectivity index (χ2v) is 5.39. The van der Waals surface area contributed by atoms with E-state index in [1.165, 1.54) is 32.0 Å². The van der Waals surface area contributed by atoms with Gasteiger partial charge in [0, 0.05) is 5.56 Å². The maximum atomic E-state index is 6.15. The van der Waals surface area contributed by atoms with Gasteiger partial charge >= 0.3 is 0 Å². The van der Waals surface area contributed by atoms with Gasteiger partial charge in [-0.2, -0.15) is 19.6 Å². The van der Waals surface area contributed by atoms with Crippen molar-refractivity contribution in [3.8, 4) is 5.88 Å². The van der Waals surface area contributed by atoms with Crippen LogP contribution in [0.4, 0.5) is 0 Å². The van der Waals surface area contributed by atoms with Crippen molar-refractivity contribution in [2.75, 3.05) is 0 Å². The van der Waals surface area contributed by atoms with E-state index < -0.39 is 0 Å². The Morgan fingerprint density at radius 3 is 2.74 bits per heavy atom. The molecule has 0 unspecified atom stereocenters. The lowest BCUT2D eigenvalue weighted by Crippen LogP contribution is -2.18. The minimum Gasteiger partial charge on any atom is -0.474 e. The third-order valence-electron chi connectivity index (χ3n) is 3.63. The molecule has 0 N–H and O–H groups in total. The van der Waals surface area contributed by atoms with E-state index in [-0.39, 0.29) is 6.10 Å². The van der Waals surface area contributed by atoms with Crippen molar-refractivity contribution < 1.29 is 4.74 Å². The summed E-state index contributed by atoms with van der Waals surface area (Å²) in [7, 11) is 0. The van der Waals surface area contributed by atoms with Crippen molar-refractivity contribution in [1.82, 2.24) is 19.6 Å². The molecule has 0 atom stereocenters. The predicted molar refractivity (Wildman–Crippen MR) is 72.6 cm³/mol. The van der Waals surface area contributed by atoms with E-state index in [9.17, 15) is 0 Å². The second kappa shape index (κ2) is 5.33. The van der Waals surface area contributed by atoms with Crippen LogP contribution in [0, 0.1) is 6.92 Å². The largest absolute Gasteiger partial charge is 0.474 e. The first-order valence-corrected chi connectivity index (χ1v) is 7.16. The van der Waals surface area contributed by atoms with Crippen molar-refractivity contribution in [1.29, 1.82) is 0 Å². The van der Waals surface area contributed by atoms with Gasteiger partial charge in [-0.05, 0) is 32.6 Å². The number of ether oxygens (including phenoxy) is 1. The summed E-state index contributed by atoms with van der Waals surface area (Å²) in [4.78, 5) is 8.25. The Balaban J connectivity index is 1.94. The summed E-state index contributed by atoms with van der Waals surface area (Å²) in [6, 6.07) is 0. The zero-order chi connectivity index (χ0) is 13.2. The summed E-state index contributed by atoms with van der Waals surface area (Å²) >= 11 is 6.13. The van der Waals surface area contributed by atoms with Gasteiger partial charge in [0.05, 0.1) is 0 Å². The van der Waals surface area contributed by atoms with Crippen LogP contribution in [0.5, 0.6) is 5.88 Å². The van der Waals surface area contributed by atoms with Crippen LogP contribution in [0.3, 0.4) is 0 Å². The first-order valence-electron chi connectivity index (χ1n) is 6.78. The number of nitrogens with zero attached hydrogens (tertiary/aromatic N) is 4. The molecule has 2 aromatic heterocycles. The normalized spacial score (nSPS) is 17.6. The molecule has 0 spiro atoms. The molecule has 6 heteroatoms. The molecule has 2 aromatic rings. The van der Waals surface area contributed by atoms with Gasteiger partial charge in [-0.1, -0.05) is 24.4 Å². The summed E-state index contributed by atoms with van der Waals surface area (Å²) in [5.41, 5.74) is 0.823. The van der Waals surface area contributed by atoms with Crippen LogP contribution in [0.2, 0.25) is 5.15 Å². The maximum absolute atomic E-state index is 6.15. The molecule has 1 saturated carbocycles. The first-order chi connectivity index (χ1) is 9.25. The van der Waals surface area contributed by atoms with E-state index in [2.05, 4.69) is 15.1 Å². The molecule has 3 rings (SSSR count). The van der Waals surface area contributed by atoms with Crippen molar-refractivity contribution >= 4 is 17.4 Å². The number of rotatable bonds is 2. The fourth-order valence-corrected chi connectivity index (χ4v) is 2.69. The van der Waals surface area contributed by atoms with Crippen LogP contribution >= 0.6 is 11.6 Å². The number of aromatic nitrogens is 4. The average Bonchev–Trinajstić information content (AvgIpc) is 2.71. The van der Waals surface area contributed by atoms with Gasteiger partial charge in [0.2, 0.25) is 5.88 Å². The molecule has 0 radical (unpaired) electrons. The van der Waals surface area contributed by atoms with Crippen molar-refractivity contribution in [2.45, 2.75) is 51.6 Å². The highest BCUT2D eigenvalue weighted by Gasteiger charge is 2.19. The minimum atomic E-state index is 0.243. The zero-order valence-electron chi connectivity index (χ0n) is 11.0. The van der Waals surface area contributed by atoms with Gasteiger partial charge in [-0.15, -0.1) is 0 Å². The monoisotopic (exact) mass is 280 g/mol. The highest BCUT2D eigenvalue weighted by Crippen LogP contribution is 2.28. The molecule has 0 aromatic carbocycles. The van der Waals surface area contributed by atoms with Crippen LogP contribution in [-0.4, -0.2) is 25.7 Å². The van der Waals surface area contributed by atoms with Gasteiger partial charge in [0.1, 0.15) is 17.6 Å². The summed E-state index contributed by atoms with van der Waals surface area (Å²) in [5, 5.41) is 4.60. The quantitative estimate of drug-likeness (QED) is 0.626. The Kier molecular flexibility index (Phi) is 3.55. The molecule has 5 nitrogen and oxygen atoms in total. The van der Waals surface area contributed by atoms with Crippen molar-refractivity contribution in [3.05, 3.63) is 17.0 Å². The van der Waals surface area contributed by atoms with Gasteiger partial charge in [-0.25, -0.2) is 0 Å². The van der Waals surface area contributed by atoms with Gasteiger partial charge in [0.15, 0.2) is 0 Å². The minimum absolute atomic E-state index is 0.243. The Bertz CT molecular complexity index is 575. The van der Waals surface area contributed by atoms with Gasteiger partial charge in [-0.3, -0.25) is 0 Å². The molecule has 0 saturated heterocycles. The summed E-state index contributed by atoms with van der Waals surface area (Å²) in [5.74, 6) is 1.17. The van der Waals surface area contributed by atoms with Crippen LogP contribution in [-0.2, 0) is 0 Å². The van der Waals surface area contributed by atoms with E-state index >= 15 is 0 Å². The Hall–Kier alpha value is -1.36.